The van der Waals surface area contributed by atoms with Crippen molar-refractivity contribution in [2.75, 3.05) is 6.61 Å². The van der Waals surface area contributed by atoms with Gasteiger partial charge in [-0.2, -0.15) is 0 Å². The molecule has 0 atom stereocenters. The first-order chi connectivity index (χ1) is 18.0. The maximum absolute atomic E-state index is 12.6. The molecular weight excluding hydrogens is 482 g/mol. The van der Waals surface area contributed by atoms with Gasteiger partial charge in [0.25, 0.3) is 5.91 Å². The molecule has 0 saturated heterocycles. The van der Waals surface area contributed by atoms with Gasteiger partial charge in [0.05, 0.1) is 11.5 Å². The summed E-state index contributed by atoms with van der Waals surface area (Å²) in [6.45, 7) is 4.84. The van der Waals surface area contributed by atoms with Gasteiger partial charge in [-0.3, -0.25) is 14.0 Å². The van der Waals surface area contributed by atoms with Crippen LogP contribution in [0.4, 0.5) is 0 Å². The lowest BCUT2D eigenvalue weighted by Gasteiger charge is -2.28. The van der Waals surface area contributed by atoms with E-state index in [-0.39, 0.29) is 11.9 Å². The van der Waals surface area contributed by atoms with Gasteiger partial charge in [0.1, 0.15) is 5.69 Å². The van der Waals surface area contributed by atoms with E-state index in [1.165, 1.54) is 11.1 Å². The van der Waals surface area contributed by atoms with Crippen LogP contribution in [0, 0.1) is 12.8 Å². The van der Waals surface area contributed by atoms with Crippen molar-refractivity contribution in [3.8, 4) is 10.4 Å². The summed E-state index contributed by atoms with van der Waals surface area (Å²) in [7, 11) is 0. The number of esters is 1. The van der Waals surface area contributed by atoms with Crippen molar-refractivity contribution in [3.05, 3.63) is 83.3 Å². The summed E-state index contributed by atoms with van der Waals surface area (Å²) in [5.41, 5.74) is 5.20. The van der Waals surface area contributed by atoms with Crippen LogP contribution in [-0.2, 0) is 16.1 Å². The molecule has 0 spiro atoms. The first kappa shape index (κ1) is 25.2. The van der Waals surface area contributed by atoms with Gasteiger partial charge in [0.2, 0.25) is 0 Å². The van der Waals surface area contributed by atoms with Crippen LogP contribution >= 0.6 is 11.3 Å². The Bertz CT molecular complexity index is 1350. The fourth-order valence-corrected chi connectivity index (χ4v) is 6.18. The zero-order valence-electron chi connectivity index (χ0n) is 21.4. The van der Waals surface area contributed by atoms with Crippen molar-refractivity contribution in [1.29, 1.82) is 0 Å². The van der Waals surface area contributed by atoms with E-state index in [2.05, 4.69) is 40.6 Å². The van der Waals surface area contributed by atoms with Crippen LogP contribution in [0.25, 0.3) is 15.4 Å². The summed E-state index contributed by atoms with van der Waals surface area (Å²) in [5, 5.41) is 2.96. The Morgan fingerprint density at radius 1 is 1.08 bits per heavy atom. The number of hydrogen-bond donors (Lipinski definition) is 1. The van der Waals surface area contributed by atoms with E-state index in [1.54, 1.807) is 17.5 Å². The number of benzene rings is 2. The van der Waals surface area contributed by atoms with E-state index >= 15 is 0 Å². The highest BCUT2D eigenvalue weighted by molar-refractivity contribution is 7.20. The molecule has 5 rings (SSSR count). The molecule has 1 aliphatic rings. The molecule has 2 aromatic carbocycles. The van der Waals surface area contributed by atoms with E-state index in [0.29, 0.717) is 37.1 Å². The summed E-state index contributed by atoms with van der Waals surface area (Å²) in [4.78, 5) is 30.9. The molecule has 2 heterocycles. The number of nitrogens with one attached hydrogen (secondary N) is 1. The van der Waals surface area contributed by atoms with E-state index in [9.17, 15) is 9.59 Å². The topological polar surface area (TPSA) is 72.7 Å². The number of ether oxygens (including phenoxy) is 1. The summed E-state index contributed by atoms with van der Waals surface area (Å²) in [6.07, 6.45) is 8.78. The van der Waals surface area contributed by atoms with Crippen LogP contribution in [0.2, 0.25) is 0 Å². The third-order valence-electron chi connectivity index (χ3n) is 7.20. The lowest BCUT2D eigenvalue weighted by Crippen LogP contribution is -2.23. The van der Waals surface area contributed by atoms with Crippen molar-refractivity contribution in [1.82, 2.24) is 14.7 Å². The molecule has 4 aromatic rings. The average Bonchev–Trinajstić information content (AvgIpc) is 3.48. The SMILES string of the molecule is CCOC(=O)CC1CCC(c2ccc(-c3cn4cc(C(=O)NCc5cccc(C)c5)nc4s3)cc2)CC1. The average molecular weight is 516 g/mol. The molecule has 0 radical (unpaired) electrons. The number of thiazole rings is 1. The fraction of sp³-hybridized carbons (Fsp3) is 0.367. The van der Waals surface area contributed by atoms with Gasteiger partial charge in [-0.1, -0.05) is 65.4 Å². The van der Waals surface area contributed by atoms with Crippen molar-refractivity contribution < 1.29 is 14.3 Å². The molecule has 37 heavy (non-hydrogen) atoms. The van der Waals surface area contributed by atoms with Crippen molar-refractivity contribution >= 4 is 28.2 Å². The van der Waals surface area contributed by atoms with E-state index in [4.69, 9.17) is 4.74 Å². The standard InChI is InChI=1S/C30H33N3O3S/c1-3-36-28(34)16-21-7-9-23(10-8-21)24-11-13-25(14-12-24)27-19-33-18-26(32-30(33)37-27)29(35)31-17-22-6-4-5-20(2)15-22/h4-6,11-15,18-19,21,23H,3,7-10,16-17H2,1-2H3,(H,31,35). The lowest BCUT2D eigenvalue weighted by atomic mass is 9.77. The minimum absolute atomic E-state index is 0.0624. The van der Waals surface area contributed by atoms with Gasteiger partial charge in [-0.25, -0.2) is 4.98 Å². The molecule has 0 aliphatic heterocycles. The van der Waals surface area contributed by atoms with Crippen LogP contribution in [-0.4, -0.2) is 27.9 Å². The minimum Gasteiger partial charge on any atom is -0.466 e. The predicted molar refractivity (Wildman–Crippen MR) is 147 cm³/mol. The first-order valence-corrected chi connectivity index (χ1v) is 13.9. The molecular formula is C30H33N3O3S. The number of nitrogens with zero attached hydrogens (tertiary/aromatic N) is 2. The molecule has 1 aliphatic carbocycles. The Kier molecular flexibility index (Phi) is 7.70. The number of imidazole rings is 1. The van der Waals surface area contributed by atoms with Crippen LogP contribution in [0.5, 0.6) is 0 Å². The Morgan fingerprint density at radius 2 is 1.86 bits per heavy atom. The van der Waals surface area contributed by atoms with Gasteiger partial charge in [-0.15, -0.1) is 0 Å². The maximum Gasteiger partial charge on any atom is 0.306 e. The Balaban J connectivity index is 1.18. The number of amides is 1. The molecule has 1 N–H and O–H groups in total. The summed E-state index contributed by atoms with van der Waals surface area (Å²) in [6, 6.07) is 16.9. The number of hydrogen-bond acceptors (Lipinski definition) is 5. The summed E-state index contributed by atoms with van der Waals surface area (Å²) in [5.74, 6) is 0.772. The maximum atomic E-state index is 12.6. The summed E-state index contributed by atoms with van der Waals surface area (Å²) < 4.78 is 7.04. The highest BCUT2D eigenvalue weighted by Crippen LogP contribution is 2.38. The monoisotopic (exact) mass is 515 g/mol. The molecule has 1 amide bonds. The second-order valence-corrected chi connectivity index (χ2v) is 10.9. The zero-order valence-corrected chi connectivity index (χ0v) is 22.2. The normalized spacial score (nSPS) is 17.6. The van der Waals surface area contributed by atoms with E-state index in [1.807, 2.05) is 42.6 Å². The van der Waals surface area contributed by atoms with Crippen molar-refractivity contribution in [2.45, 2.75) is 58.4 Å². The van der Waals surface area contributed by atoms with Gasteiger partial charge >= 0.3 is 5.97 Å². The lowest BCUT2D eigenvalue weighted by molar-refractivity contribution is -0.144. The molecule has 0 unspecified atom stereocenters. The Morgan fingerprint density at radius 3 is 2.57 bits per heavy atom. The molecule has 6 nitrogen and oxygen atoms in total. The smallest absolute Gasteiger partial charge is 0.306 e. The quantitative estimate of drug-likeness (QED) is 0.271. The molecule has 1 fully saturated rings. The van der Waals surface area contributed by atoms with Gasteiger partial charge < -0.3 is 10.1 Å². The van der Waals surface area contributed by atoms with E-state index in [0.717, 1.165) is 46.6 Å². The van der Waals surface area contributed by atoms with Crippen LogP contribution < -0.4 is 5.32 Å². The minimum atomic E-state index is -0.166. The number of aromatic nitrogens is 2. The van der Waals surface area contributed by atoms with Gasteiger partial charge in [0, 0.05) is 25.4 Å². The van der Waals surface area contributed by atoms with Crippen LogP contribution in [0.3, 0.4) is 0 Å². The fourth-order valence-electron chi connectivity index (χ4n) is 5.21. The number of rotatable bonds is 8. The second-order valence-electron chi connectivity index (χ2n) is 9.93. The van der Waals surface area contributed by atoms with Crippen LogP contribution in [0.15, 0.2) is 60.9 Å². The highest BCUT2D eigenvalue weighted by Gasteiger charge is 2.24. The molecule has 192 valence electrons. The van der Waals surface area contributed by atoms with Crippen molar-refractivity contribution in [3.63, 3.8) is 0 Å². The third-order valence-corrected chi connectivity index (χ3v) is 8.24. The van der Waals surface area contributed by atoms with Gasteiger partial charge in [0.15, 0.2) is 4.96 Å². The zero-order chi connectivity index (χ0) is 25.8. The Labute approximate surface area is 221 Å². The third kappa shape index (κ3) is 6.10. The number of carbonyl (C=O) groups excluding carboxylic acids is 2. The largest absolute Gasteiger partial charge is 0.466 e. The summed E-state index contributed by atoms with van der Waals surface area (Å²) >= 11 is 1.58. The molecule has 0 bridgehead atoms. The Hall–Kier alpha value is -3.45. The number of fused-ring (bicyclic) bond motifs is 1. The molecule has 7 heteroatoms. The van der Waals surface area contributed by atoms with Crippen LogP contribution in [0.1, 0.15) is 72.1 Å². The van der Waals surface area contributed by atoms with E-state index < -0.39 is 0 Å². The number of aryl methyl sites for hydroxylation is 1. The van der Waals surface area contributed by atoms with Gasteiger partial charge in [-0.05, 0) is 68.1 Å². The highest BCUT2D eigenvalue weighted by atomic mass is 32.1. The first-order valence-electron chi connectivity index (χ1n) is 13.1. The number of carbonyl (C=O) groups is 2. The molecule has 1 saturated carbocycles. The molecule has 2 aromatic heterocycles. The second kappa shape index (κ2) is 11.3. The van der Waals surface area contributed by atoms with Crippen molar-refractivity contribution in [2.24, 2.45) is 5.92 Å². The predicted octanol–water partition coefficient (Wildman–Crippen LogP) is 6.53.